The number of hydrogen-bond donors (Lipinski definition) is 1. The molecule has 3 rings (SSSR count). The number of piperidine rings is 1. The lowest BCUT2D eigenvalue weighted by atomic mass is 9.89. The van der Waals surface area contributed by atoms with E-state index in [0.717, 1.165) is 52.1 Å². The van der Waals surface area contributed by atoms with Crippen molar-refractivity contribution in [1.29, 1.82) is 0 Å². The highest BCUT2D eigenvalue weighted by Gasteiger charge is 2.30. The van der Waals surface area contributed by atoms with Gasteiger partial charge in [-0.3, -0.25) is 9.69 Å². The van der Waals surface area contributed by atoms with Gasteiger partial charge in [-0.2, -0.15) is 0 Å². The second-order valence-electron chi connectivity index (χ2n) is 7.76. The van der Waals surface area contributed by atoms with E-state index in [1.165, 1.54) is 12.1 Å². The minimum Gasteiger partial charge on any atom is -0.505 e. The van der Waals surface area contributed by atoms with Crippen molar-refractivity contribution < 1.29 is 14.3 Å². The van der Waals surface area contributed by atoms with Gasteiger partial charge < -0.3 is 14.9 Å². The summed E-state index contributed by atoms with van der Waals surface area (Å²) in [4.78, 5) is 19.4. The van der Waals surface area contributed by atoms with E-state index in [1.807, 2.05) is 4.90 Å². The van der Waals surface area contributed by atoms with Crippen molar-refractivity contribution in [3.05, 3.63) is 29.6 Å². The third-order valence-electron chi connectivity index (χ3n) is 6.06. The quantitative estimate of drug-likeness (QED) is 0.888. The lowest BCUT2D eigenvalue weighted by Crippen LogP contribution is -2.52. The summed E-state index contributed by atoms with van der Waals surface area (Å²) >= 11 is 0. The molecule has 0 bridgehead atoms. The third kappa shape index (κ3) is 4.54. The molecule has 5 nitrogen and oxygen atoms in total. The Morgan fingerprint density at radius 2 is 1.85 bits per heavy atom. The largest absolute Gasteiger partial charge is 0.505 e. The standard InChI is InChI=1S/C20H30FN3O2/c1-15(23-11-9-22(2)10-12-23)17-5-7-24(8-6-17)20(26)14-16-3-4-19(25)18(21)13-16/h3-4,13,15,17,25H,5-12,14H2,1-2H3/t15-/m0/s1. The van der Waals surface area contributed by atoms with Crippen molar-refractivity contribution in [3.8, 4) is 5.75 Å². The van der Waals surface area contributed by atoms with Gasteiger partial charge in [0.05, 0.1) is 6.42 Å². The van der Waals surface area contributed by atoms with Gasteiger partial charge in [0.25, 0.3) is 0 Å². The highest BCUT2D eigenvalue weighted by atomic mass is 19.1. The van der Waals surface area contributed by atoms with E-state index in [9.17, 15) is 14.3 Å². The fourth-order valence-electron chi connectivity index (χ4n) is 4.11. The van der Waals surface area contributed by atoms with Gasteiger partial charge in [0.15, 0.2) is 11.6 Å². The fourth-order valence-corrected chi connectivity index (χ4v) is 4.11. The molecule has 0 aliphatic carbocycles. The molecule has 0 spiro atoms. The van der Waals surface area contributed by atoms with Gasteiger partial charge in [-0.1, -0.05) is 6.07 Å². The smallest absolute Gasteiger partial charge is 0.226 e. The molecular formula is C20H30FN3O2. The normalized spacial score (nSPS) is 21.7. The first-order valence-electron chi connectivity index (χ1n) is 9.62. The van der Waals surface area contributed by atoms with E-state index in [2.05, 4.69) is 23.8 Å². The van der Waals surface area contributed by atoms with Crippen LogP contribution in [-0.4, -0.2) is 78.1 Å². The number of amides is 1. The van der Waals surface area contributed by atoms with Crippen LogP contribution in [0.3, 0.4) is 0 Å². The highest BCUT2D eigenvalue weighted by molar-refractivity contribution is 5.78. The van der Waals surface area contributed by atoms with Crippen LogP contribution in [0.4, 0.5) is 4.39 Å². The number of phenols is 1. The van der Waals surface area contributed by atoms with Crippen molar-refractivity contribution in [3.63, 3.8) is 0 Å². The number of rotatable bonds is 4. The van der Waals surface area contributed by atoms with Gasteiger partial charge in [0, 0.05) is 45.3 Å². The predicted octanol–water partition coefficient (Wildman–Crippen LogP) is 1.95. The monoisotopic (exact) mass is 363 g/mol. The van der Waals surface area contributed by atoms with E-state index in [0.29, 0.717) is 17.5 Å². The zero-order chi connectivity index (χ0) is 18.7. The average Bonchev–Trinajstić information content (AvgIpc) is 2.65. The van der Waals surface area contributed by atoms with Gasteiger partial charge >= 0.3 is 0 Å². The maximum atomic E-state index is 13.4. The van der Waals surface area contributed by atoms with Gasteiger partial charge in [-0.15, -0.1) is 0 Å². The molecule has 0 aromatic heterocycles. The molecule has 26 heavy (non-hydrogen) atoms. The number of carbonyl (C=O) groups excluding carboxylic acids is 1. The Balaban J connectivity index is 1.48. The summed E-state index contributed by atoms with van der Waals surface area (Å²) in [6.07, 6.45) is 2.25. The topological polar surface area (TPSA) is 47.0 Å². The highest BCUT2D eigenvalue weighted by Crippen LogP contribution is 2.25. The molecule has 1 N–H and O–H groups in total. The lowest BCUT2D eigenvalue weighted by Gasteiger charge is -2.42. The minimum atomic E-state index is -0.671. The molecule has 1 aromatic carbocycles. The average molecular weight is 363 g/mol. The van der Waals surface area contributed by atoms with E-state index >= 15 is 0 Å². The van der Waals surface area contributed by atoms with Crippen molar-refractivity contribution in [2.45, 2.75) is 32.2 Å². The summed E-state index contributed by atoms with van der Waals surface area (Å²) in [5.41, 5.74) is 0.609. The number of piperazine rings is 1. The molecule has 2 aliphatic heterocycles. The SMILES string of the molecule is C[C@@H](C1CCN(C(=O)Cc2ccc(O)c(F)c2)CC1)N1CCN(C)CC1. The fraction of sp³-hybridized carbons (Fsp3) is 0.650. The zero-order valence-electron chi connectivity index (χ0n) is 15.8. The number of carbonyl (C=O) groups is 1. The number of likely N-dealkylation sites (tertiary alicyclic amines) is 1. The van der Waals surface area contributed by atoms with Gasteiger partial charge in [-0.05, 0) is 50.4 Å². The first-order valence-corrected chi connectivity index (χ1v) is 9.62. The number of benzene rings is 1. The number of hydrogen-bond acceptors (Lipinski definition) is 4. The molecule has 0 radical (unpaired) electrons. The Bertz CT molecular complexity index is 623. The molecule has 0 unspecified atom stereocenters. The van der Waals surface area contributed by atoms with Gasteiger partial charge in [-0.25, -0.2) is 4.39 Å². The molecule has 144 valence electrons. The molecule has 2 aliphatic rings. The van der Waals surface area contributed by atoms with E-state index in [1.54, 1.807) is 6.07 Å². The molecule has 2 heterocycles. The second kappa shape index (κ2) is 8.35. The summed E-state index contributed by atoms with van der Waals surface area (Å²) < 4.78 is 13.4. The number of likely N-dealkylation sites (N-methyl/N-ethyl adjacent to an activating group) is 1. The summed E-state index contributed by atoms with van der Waals surface area (Å²) in [5.74, 6) is -0.371. The minimum absolute atomic E-state index is 0.0424. The molecular weight excluding hydrogens is 333 g/mol. The van der Waals surface area contributed by atoms with Crippen LogP contribution >= 0.6 is 0 Å². The third-order valence-corrected chi connectivity index (χ3v) is 6.06. The zero-order valence-corrected chi connectivity index (χ0v) is 15.8. The number of halogens is 1. The molecule has 0 saturated carbocycles. The summed E-state index contributed by atoms with van der Waals surface area (Å²) in [5, 5.41) is 9.25. The Morgan fingerprint density at radius 3 is 2.46 bits per heavy atom. The maximum Gasteiger partial charge on any atom is 0.226 e. The van der Waals surface area contributed by atoms with Crippen molar-refractivity contribution in [2.24, 2.45) is 5.92 Å². The Labute approximate surface area is 155 Å². The molecule has 2 saturated heterocycles. The van der Waals surface area contributed by atoms with E-state index in [-0.39, 0.29) is 18.1 Å². The molecule has 1 aromatic rings. The van der Waals surface area contributed by atoms with Crippen LogP contribution in [-0.2, 0) is 11.2 Å². The van der Waals surface area contributed by atoms with Crippen LogP contribution in [0, 0.1) is 11.7 Å². The van der Waals surface area contributed by atoms with Crippen molar-refractivity contribution >= 4 is 5.91 Å². The maximum absolute atomic E-state index is 13.4. The Kier molecular flexibility index (Phi) is 6.14. The first kappa shape index (κ1) is 19.1. The van der Waals surface area contributed by atoms with Crippen LogP contribution in [0.1, 0.15) is 25.3 Å². The van der Waals surface area contributed by atoms with Crippen LogP contribution < -0.4 is 0 Å². The van der Waals surface area contributed by atoms with Crippen LogP contribution in [0.25, 0.3) is 0 Å². The Morgan fingerprint density at radius 1 is 1.19 bits per heavy atom. The summed E-state index contributed by atoms with van der Waals surface area (Å²) in [6, 6.07) is 4.72. The van der Waals surface area contributed by atoms with E-state index < -0.39 is 5.82 Å². The molecule has 6 heteroatoms. The predicted molar refractivity (Wildman–Crippen MR) is 99.6 cm³/mol. The lowest BCUT2D eigenvalue weighted by molar-refractivity contribution is -0.132. The Hall–Kier alpha value is -1.66. The van der Waals surface area contributed by atoms with Crippen molar-refractivity contribution in [1.82, 2.24) is 14.7 Å². The van der Waals surface area contributed by atoms with E-state index in [4.69, 9.17) is 0 Å². The molecule has 1 atom stereocenters. The first-order chi connectivity index (χ1) is 12.4. The summed E-state index contributed by atoms with van der Waals surface area (Å²) in [7, 11) is 2.17. The molecule has 1 amide bonds. The number of nitrogens with zero attached hydrogens (tertiary/aromatic N) is 3. The van der Waals surface area contributed by atoms with Gasteiger partial charge in [0.2, 0.25) is 5.91 Å². The second-order valence-corrected chi connectivity index (χ2v) is 7.76. The molecule has 2 fully saturated rings. The van der Waals surface area contributed by atoms with Crippen LogP contribution in [0.5, 0.6) is 5.75 Å². The number of aromatic hydroxyl groups is 1. The van der Waals surface area contributed by atoms with Crippen LogP contribution in [0.2, 0.25) is 0 Å². The van der Waals surface area contributed by atoms with Crippen molar-refractivity contribution in [2.75, 3.05) is 46.3 Å². The number of phenolic OH excluding ortho intramolecular Hbond substituents is 1. The summed E-state index contributed by atoms with van der Waals surface area (Å²) in [6.45, 7) is 8.40. The van der Waals surface area contributed by atoms with Gasteiger partial charge in [0.1, 0.15) is 0 Å². The van der Waals surface area contributed by atoms with Crippen LogP contribution in [0.15, 0.2) is 18.2 Å².